The molecule has 0 bridgehead atoms. The molecule has 0 saturated carbocycles. The molecule has 2 aliphatic rings. The van der Waals surface area contributed by atoms with E-state index in [9.17, 15) is 19.4 Å². The SMILES string of the molecule is Cc1cc(-c2ccc(OCCN3CCC(CO)CC3)cc2)c(Cl)c2nn(C(C(=O)O)c3ncn4c3C[C@@H](F)C4)cc12. The first-order chi connectivity index (χ1) is 19.8. The molecular weight excluding hydrogens is 549 g/mol. The Morgan fingerprint density at radius 2 is 2.00 bits per heavy atom. The molecule has 0 radical (unpaired) electrons. The summed E-state index contributed by atoms with van der Waals surface area (Å²) < 4.78 is 23.0. The number of carboxylic acids is 1. The van der Waals surface area contributed by atoms with Gasteiger partial charge in [-0.2, -0.15) is 5.10 Å². The van der Waals surface area contributed by atoms with Gasteiger partial charge in [-0.15, -0.1) is 0 Å². The molecule has 11 heteroatoms. The van der Waals surface area contributed by atoms with Crippen LogP contribution < -0.4 is 4.74 Å². The number of piperidine rings is 1. The van der Waals surface area contributed by atoms with Gasteiger partial charge in [0.05, 0.1) is 23.6 Å². The second kappa shape index (κ2) is 11.4. The Labute approximate surface area is 242 Å². The number of aromatic nitrogens is 4. The van der Waals surface area contributed by atoms with E-state index in [-0.39, 0.29) is 19.6 Å². The highest BCUT2D eigenvalue weighted by atomic mass is 35.5. The van der Waals surface area contributed by atoms with E-state index < -0.39 is 18.2 Å². The molecule has 216 valence electrons. The number of rotatable bonds is 9. The average Bonchev–Trinajstić information content (AvgIpc) is 3.67. The van der Waals surface area contributed by atoms with Crippen LogP contribution in [0.2, 0.25) is 5.02 Å². The first-order valence-electron chi connectivity index (χ1n) is 14.0. The fraction of sp³-hybridized carbons (Fsp3) is 0.433. The van der Waals surface area contributed by atoms with Crippen molar-refractivity contribution < 1.29 is 24.1 Å². The summed E-state index contributed by atoms with van der Waals surface area (Å²) in [7, 11) is 0. The average molecular weight is 582 g/mol. The number of aliphatic hydroxyl groups excluding tert-OH is 1. The molecule has 2 N–H and O–H groups in total. The van der Waals surface area contributed by atoms with Crippen LogP contribution in [0.3, 0.4) is 0 Å². The lowest BCUT2D eigenvalue weighted by molar-refractivity contribution is -0.139. The zero-order valence-corrected chi connectivity index (χ0v) is 23.6. The van der Waals surface area contributed by atoms with Crippen LogP contribution in [0.1, 0.15) is 35.8 Å². The third kappa shape index (κ3) is 5.43. The molecule has 6 rings (SSSR count). The highest BCUT2D eigenvalue weighted by Crippen LogP contribution is 2.38. The Bertz CT molecular complexity index is 1560. The highest BCUT2D eigenvalue weighted by molar-refractivity contribution is 6.38. The number of aryl methyl sites for hydroxylation is 1. The molecule has 2 atom stereocenters. The number of hydrogen-bond acceptors (Lipinski definition) is 6. The van der Waals surface area contributed by atoms with Gasteiger partial charge in [0.15, 0.2) is 6.04 Å². The van der Waals surface area contributed by atoms with Crippen LogP contribution in [0.4, 0.5) is 4.39 Å². The molecule has 2 aliphatic heterocycles. The van der Waals surface area contributed by atoms with Crippen molar-refractivity contribution in [1.82, 2.24) is 24.2 Å². The Morgan fingerprint density at radius 1 is 1.24 bits per heavy atom. The minimum atomic E-state index is -1.19. The maximum absolute atomic E-state index is 14.0. The van der Waals surface area contributed by atoms with Crippen LogP contribution in [0.25, 0.3) is 22.0 Å². The lowest BCUT2D eigenvalue weighted by Gasteiger charge is -2.30. The molecule has 0 aliphatic carbocycles. The number of alkyl halides is 1. The Morgan fingerprint density at radius 3 is 2.71 bits per heavy atom. The number of nitrogens with zero attached hydrogens (tertiary/aromatic N) is 5. The van der Waals surface area contributed by atoms with Crippen molar-refractivity contribution in [2.45, 2.75) is 44.9 Å². The fourth-order valence-electron chi connectivity index (χ4n) is 5.96. The summed E-state index contributed by atoms with van der Waals surface area (Å²) in [6.07, 6.45) is 4.30. The second-order valence-electron chi connectivity index (χ2n) is 11.0. The van der Waals surface area contributed by atoms with Gasteiger partial charge in [0.25, 0.3) is 0 Å². The number of aliphatic hydroxyl groups is 1. The van der Waals surface area contributed by atoms with Crippen molar-refractivity contribution in [2.24, 2.45) is 5.92 Å². The first kappa shape index (κ1) is 27.7. The molecule has 1 fully saturated rings. The molecule has 0 amide bonds. The van der Waals surface area contributed by atoms with Gasteiger partial charge in [0.2, 0.25) is 0 Å². The number of aliphatic carboxylic acids is 1. The summed E-state index contributed by atoms with van der Waals surface area (Å²) in [4.78, 5) is 19.1. The summed E-state index contributed by atoms with van der Waals surface area (Å²) in [5.74, 6) is 0.0648. The van der Waals surface area contributed by atoms with Crippen molar-refractivity contribution in [1.29, 1.82) is 0 Å². The lowest BCUT2D eigenvalue weighted by atomic mass is 9.98. The topological polar surface area (TPSA) is 106 Å². The Balaban J connectivity index is 1.20. The van der Waals surface area contributed by atoms with Gasteiger partial charge in [-0.3, -0.25) is 9.58 Å². The molecule has 1 unspecified atom stereocenters. The summed E-state index contributed by atoms with van der Waals surface area (Å²) in [5.41, 5.74) is 3.96. The summed E-state index contributed by atoms with van der Waals surface area (Å²) in [6, 6.07) is 8.51. The van der Waals surface area contributed by atoms with E-state index in [0.717, 1.165) is 60.3 Å². The van der Waals surface area contributed by atoms with Crippen molar-refractivity contribution in [3.05, 3.63) is 64.8 Å². The van der Waals surface area contributed by atoms with Crippen molar-refractivity contribution in [2.75, 3.05) is 32.8 Å². The Kier molecular flexibility index (Phi) is 7.72. The van der Waals surface area contributed by atoms with Crippen molar-refractivity contribution in [3.63, 3.8) is 0 Å². The van der Waals surface area contributed by atoms with Crippen LogP contribution in [0.15, 0.2) is 42.9 Å². The standard InChI is InChI=1S/C30H33ClFN5O4/c1-18-12-23(20-2-4-22(5-3-20)41-11-10-35-8-6-19(16-38)7-9-35)26(31)27-24(18)15-37(34-27)29(30(39)40)28-25-13-21(32)14-36(25)17-33-28/h2-5,12,15,17,19,21,29,38H,6-11,13-14,16H2,1H3,(H,39,40)/t21-,29?/m1/s1. The summed E-state index contributed by atoms with van der Waals surface area (Å²) >= 11 is 6.87. The van der Waals surface area contributed by atoms with Gasteiger partial charge < -0.3 is 19.5 Å². The number of hydrogen-bond donors (Lipinski definition) is 2. The third-order valence-corrected chi connectivity index (χ3v) is 8.70. The number of fused-ring (bicyclic) bond motifs is 2. The molecule has 1 saturated heterocycles. The van der Waals surface area contributed by atoms with E-state index in [2.05, 4.69) is 15.0 Å². The van der Waals surface area contributed by atoms with Crippen LogP contribution in [-0.2, 0) is 17.8 Å². The molecule has 9 nitrogen and oxygen atoms in total. The maximum Gasteiger partial charge on any atom is 0.334 e. The fourth-order valence-corrected chi connectivity index (χ4v) is 6.26. The maximum atomic E-state index is 14.0. The minimum Gasteiger partial charge on any atom is -0.492 e. The number of halogens is 2. The van der Waals surface area contributed by atoms with Gasteiger partial charge in [-0.25, -0.2) is 14.2 Å². The number of ether oxygens (including phenoxy) is 1. The molecular formula is C30H33ClFN5O4. The molecule has 41 heavy (non-hydrogen) atoms. The van der Waals surface area contributed by atoms with Gasteiger partial charge in [-0.1, -0.05) is 23.7 Å². The third-order valence-electron chi connectivity index (χ3n) is 8.31. The zero-order valence-electron chi connectivity index (χ0n) is 22.8. The molecule has 4 heterocycles. The van der Waals surface area contributed by atoms with E-state index in [1.54, 1.807) is 10.8 Å². The van der Waals surface area contributed by atoms with E-state index in [1.807, 2.05) is 37.3 Å². The zero-order chi connectivity index (χ0) is 28.7. The largest absolute Gasteiger partial charge is 0.492 e. The monoisotopic (exact) mass is 581 g/mol. The number of likely N-dealkylation sites (tertiary alicyclic amines) is 1. The number of benzene rings is 2. The van der Waals surface area contributed by atoms with Crippen LogP contribution in [-0.4, -0.2) is 79.4 Å². The van der Waals surface area contributed by atoms with Crippen molar-refractivity contribution in [3.8, 4) is 16.9 Å². The van der Waals surface area contributed by atoms with E-state index in [1.165, 1.54) is 11.0 Å². The number of carboxylic acid groups (broad SMARTS) is 1. The molecule has 2 aromatic heterocycles. The molecule has 2 aromatic carbocycles. The number of carbonyl (C=O) groups is 1. The van der Waals surface area contributed by atoms with Gasteiger partial charge >= 0.3 is 5.97 Å². The first-order valence-corrected chi connectivity index (χ1v) is 14.3. The summed E-state index contributed by atoms with van der Waals surface area (Å²) in [5, 5.41) is 25.2. The normalized spacial score (nSPS) is 18.6. The van der Waals surface area contributed by atoms with Crippen molar-refractivity contribution >= 4 is 28.5 Å². The second-order valence-corrected chi connectivity index (χ2v) is 11.4. The molecule has 0 spiro atoms. The van der Waals surface area contributed by atoms with Crippen LogP contribution in [0.5, 0.6) is 5.75 Å². The Hall–Kier alpha value is -3.47. The van der Waals surface area contributed by atoms with Crippen LogP contribution in [0, 0.1) is 12.8 Å². The predicted molar refractivity (Wildman–Crippen MR) is 153 cm³/mol. The van der Waals surface area contributed by atoms with E-state index in [4.69, 9.17) is 16.3 Å². The highest BCUT2D eigenvalue weighted by Gasteiger charge is 2.34. The predicted octanol–water partition coefficient (Wildman–Crippen LogP) is 4.51. The summed E-state index contributed by atoms with van der Waals surface area (Å²) in [6.45, 7) is 5.79. The van der Waals surface area contributed by atoms with E-state index >= 15 is 0 Å². The van der Waals surface area contributed by atoms with Gasteiger partial charge in [0, 0.05) is 42.4 Å². The van der Waals surface area contributed by atoms with Gasteiger partial charge in [0.1, 0.15) is 24.0 Å². The molecule has 4 aromatic rings. The smallest absolute Gasteiger partial charge is 0.334 e. The number of imidazole rings is 1. The van der Waals surface area contributed by atoms with Crippen LogP contribution >= 0.6 is 11.6 Å². The minimum absolute atomic E-state index is 0.132. The van der Waals surface area contributed by atoms with E-state index in [0.29, 0.717) is 34.5 Å². The lowest BCUT2D eigenvalue weighted by Crippen LogP contribution is -2.37. The quantitative estimate of drug-likeness (QED) is 0.299. The van der Waals surface area contributed by atoms with Gasteiger partial charge in [-0.05, 0) is 68.1 Å².